The van der Waals surface area contributed by atoms with E-state index in [1.165, 1.54) is 26.7 Å². The summed E-state index contributed by atoms with van der Waals surface area (Å²) in [6.45, 7) is 15.2. The topological polar surface area (TPSA) is 0 Å². The molecule has 0 saturated heterocycles. The first kappa shape index (κ1) is 19.3. The van der Waals surface area contributed by atoms with Gasteiger partial charge in [-0.15, -0.1) is 23.1 Å². The Morgan fingerprint density at radius 3 is 2.40 bits per heavy atom. The maximum Gasteiger partial charge on any atom is 0.0613 e. The van der Waals surface area contributed by atoms with E-state index in [-0.39, 0.29) is 0 Å². The van der Waals surface area contributed by atoms with Gasteiger partial charge in [0.05, 0.1) is 8.07 Å². The molecule has 0 amide bonds. The summed E-state index contributed by atoms with van der Waals surface area (Å²) in [6.07, 6.45) is 2.61. The predicted molar refractivity (Wildman–Crippen MR) is 124 cm³/mol. The van der Waals surface area contributed by atoms with Crippen molar-refractivity contribution in [1.29, 1.82) is 0 Å². The van der Waals surface area contributed by atoms with Crippen molar-refractivity contribution in [2.45, 2.75) is 75.2 Å². The Balaban J connectivity index is 1.75. The summed E-state index contributed by atoms with van der Waals surface area (Å²) in [5, 5.41) is 1.44. The third-order valence-corrected chi connectivity index (χ3v) is 18.1. The molecule has 1 saturated carbocycles. The van der Waals surface area contributed by atoms with Crippen LogP contribution in [0.4, 0.5) is 0 Å². The maximum absolute atomic E-state index is 3.94. The summed E-state index contributed by atoms with van der Waals surface area (Å²) in [5.41, 5.74) is 5.14. The van der Waals surface area contributed by atoms with Crippen LogP contribution in [-0.2, 0) is 6.42 Å². The lowest BCUT2D eigenvalue weighted by Gasteiger charge is -2.42. The van der Waals surface area contributed by atoms with Crippen molar-refractivity contribution in [2.24, 2.45) is 11.8 Å². The van der Waals surface area contributed by atoms with E-state index in [4.69, 9.17) is 0 Å². The molecule has 1 aromatic heterocycles. The van der Waals surface area contributed by atoms with E-state index in [1.807, 2.05) is 0 Å². The van der Waals surface area contributed by atoms with E-state index < -0.39 is 8.07 Å². The summed E-state index contributed by atoms with van der Waals surface area (Å²) in [4.78, 5) is 3.23. The molecule has 2 aliphatic carbocycles. The summed E-state index contributed by atoms with van der Waals surface area (Å²) in [5.74, 6) is 1.65. The Bertz CT molecular complexity index is 751. The van der Waals surface area contributed by atoms with Gasteiger partial charge in [0.1, 0.15) is 0 Å². The standard InChI is InChI=1S/C20H28Br2S2Si/c1-9-7-13-15(21)11(3)23-17(13)19(9)25(5,6)20-10(2)8-14-16(22)12(4)24-18(14)20/h9-11,17,19-20H,7-8H2,1-6H3. The molecular weight excluding hydrogens is 492 g/mol. The van der Waals surface area contributed by atoms with Gasteiger partial charge in [-0.2, -0.15) is 0 Å². The third-order valence-electron chi connectivity index (χ3n) is 7.01. The monoisotopic (exact) mass is 518 g/mol. The van der Waals surface area contributed by atoms with E-state index >= 15 is 0 Å². The number of rotatable bonds is 2. The predicted octanol–water partition coefficient (Wildman–Crippen LogP) is 7.91. The van der Waals surface area contributed by atoms with Crippen LogP contribution < -0.4 is 0 Å². The van der Waals surface area contributed by atoms with Crippen LogP contribution in [0.1, 0.15) is 48.1 Å². The van der Waals surface area contributed by atoms with Crippen LogP contribution in [-0.4, -0.2) is 18.6 Å². The Morgan fingerprint density at radius 2 is 1.72 bits per heavy atom. The lowest BCUT2D eigenvalue weighted by molar-refractivity contribution is 0.549. The molecule has 6 unspecified atom stereocenters. The van der Waals surface area contributed by atoms with Gasteiger partial charge in [-0.05, 0) is 76.7 Å². The van der Waals surface area contributed by atoms with Crippen molar-refractivity contribution in [1.82, 2.24) is 0 Å². The first-order valence-corrected chi connectivity index (χ1v) is 16.0. The minimum Gasteiger partial charge on any atom is -0.146 e. The molecule has 1 aliphatic heterocycles. The normalized spacial score (nSPS) is 37.8. The second kappa shape index (κ2) is 6.50. The fourth-order valence-corrected chi connectivity index (χ4v) is 18.4. The molecule has 6 atom stereocenters. The number of thioether (sulfide) groups is 1. The summed E-state index contributed by atoms with van der Waals surface area (Å²) >= 11 is 12.2. The molecular formula is C20H28Br2S2Si. The van der Waals surface area contributed by atoms with Crippen LogP contribution >= 0.6 is 55.0 Å². The van der Waals surface area contributed by atoms with E-state index in [0.29, 0.717) is 5.25 Å². The van der Waals surface area contributed by atoms with Gasteiger partial charge in [-0.1, -0.05) is 42.9 Å². The molecule has 0 aromatic carbocycles. The Kier molecular flexibility index (Phi) is 5.02. The summed E-state index contributed by atoms with van der Waals surface area (Å²) < 4.78 is 2.94. The highest BCUT2D eigenvalue weighted by molar-refractivity contribution is 9.12. The van der Waals surface area contributed by atoms with Crippen LogP contribution in [0.5, 0.6) is 0 Å². The number of aryl methyl sites for hydroxylation is 1. The van der Waals surface area contributed by atoms with Crippen molar-refractivity contribution in [3.63, 3.8) is 0 Å². The van der Waals surface area contributed by atoms with Crippen LogP contribution in [0.15, 0.2) is 14.5 Å². The quantitative estimate of drug-likeness (QED) is 0.357. The molecule has 0 radical (unpaired) electrons. The molecule has 5 heteroatoms. The van der Waals surface area contributed by atoms with Gasteiger partial charge in [0.15, 0.2) is 0 Å². The molecule has 25 heavy (non-hydrogen) atoms. The zero-order chi connectivity index (χ0) is 18.3. The molecule has 1 aromatic rings. The minimum atomic E-state index is -1.46. The highest BCUT2D eigenvalue weighted by Gasteiger charge is 2.56. The van der Waals surface area contributed by atoms with Crippen molar-refractivity contribution in [2.75, 3.05) is 0 Å². The van der Waals surface area contributed by atoms with Crippen LogP contribution in [0.2, 0.25) is 18.6 Å². The van der Waals surface area contributed by atoms with Crippen molar-refractivity contribution in [3.05, 3.63) is 29.8 Å². The van der Waals surface area contributed by atoms with Gasteiger partial charge in [-0.25, -0.2) is 0 Å². The van der Waals surface area contributed by atoms with Gasteiger partial charge >= 0.3 is 0 Å². The molecule has 3 aliphatic rings. The van der Waals surface area contributed by atoms with Gasteiger partial charge in [0, 0.05) is 29.2 Å². The smallest absolute Gasteiger partial charge is 0.0613 e. The number of hydrogen-bond donors (Lipinski definition) is 0. The largest absolute Gasteiger partial charge is 0.146 e. The molecule has 0 N–H and O–H groups in total. The fraction of sp³-hybridized carbons (Fsp3) is 0.700. The van der Waals surface area contributed by atoms with E-state index in [2.05, 4.69) is 95.7 Å². The second-order valence-corrected chi connectivity index (χ2v) is 18.4. The van der Waals surface area contributed by atoms with Crippen molar-refractivity contribution in [3.8, 4) is 0 Å². The second-order valence-electron chi connectivity index (χ2n) is 9.07. The van der Waals surface area contributed by atoms with E-state index in [9.17, 15) is 0 Å². The van der Waals surface area contributed by atoms with Crippen molar-refractivity contribution >= 4 is 63.0 Å². The zero-order valence-electron chi connectivity index (χ0n) is 16.0. The first-order chi connectivity index (χ1) is 11.6. The molecule has 0 nitrogen and oxygen atoms in total. The molecule has 0 spiro atoms. The van der Waals surface area contributed by atoms with Gasteiger partial charge in [0.25, 0.3) is 0 Å². The third kappa shape index (κ3) is 2.77. The molecule has 1 fully saturated rings. The Morgan fingerprint density at radius 1 is 1.04 bits per heavy atom. The Labute approximate surface area is 178 Å². The van der Waals surface area contributed by atoms with E-state index in [0.717, 1.165) is 28.2 Å². The Hall–Kier alpha value is 0.967. The molecule has 4 rings (SSSR count). The summed E-state index contributed by atoms with van der Waals surface area (Å²) in [7, 11) is -1.46. The maximum atomic E-state index is 3.94. The van der Waals surface area contributed by atoms with Crippen molar-refractivity contribution < 1.29 is 0 Å². The number of fused-ring (bicyclic) bond motifs is 2. The number of thiophene rings is 1. The number of hydrogen-bond acceptors (Lipinski definition) is 2. The van der Waals surface area contributed by atoms with E-state index in [1.54, 1.807) is 16.0 Å². The lowest BCUT2D eigenvalue weighted by atomic mass is 10.1. The molecule has 138 valence electrons. The van der Waals surface area contributed by atoms with Crippen LogP contribution in [0.25, 0.3) is 0 Å². The van der Waals surface area contributed by atoms with Gasteiger partial charge in [-0.3, -0.25) is 0 Å². The minimum absolute atomic E-state index is 0.662. The zero-order valence-corrected chi connectivity index (χ0v) is 21.8. The lowest BCUT2D eigenvalue weighted by Crippen LogP contribution is -2.45. The molecule has 0 bridgehead atoms. The number of halogens is 2. The summed E-state index contributed by atoms with van der Waals surface area (Å²) in [6, 6.07) is 0. The van der Waals surface area contributed by atoms with Crippen LogP contribution in [0, 0.1) is 18.8 Å². The average Bonchev–Trinajstić information content (AvgIpc) is 3.17. The SMILES string of the molecule is Cc1sc2c(c1Br)CC(C)C2[Si](C)(C)C1C(C)CC2=C(Br)C(C)SC21. The fourth-order valence-electron chi connectivity index (χ4n) is 6.18. The average molecular weight is 520 g/mol. The van der Waals surface area contributed by atoms with Crippen LogP contribution in [0.3, 0.4) is 0 Å². The highest BCUT2D eigenvalue weighted by atomic mass is 79.9. The highest BCUT2D eigenvalue weighted by Crippen LogP contribution is 2.63. The molecule has 2 heterocycles. The van der Waals surface area contributed by atoms with Gasteiger partial charge < -0.3 is 0 Å². The first-order valence-electron chi connectivity index (χ1n) is 9.46. The van der Waals surface area contributed by atoms with Gasteiger partial charge in [0.2, 0.25) is 0 Å².